The topological polar surface area (TPSA) is 62.7 Å². The van der Waals surface area contributed by atoms with Gasteiger partial charge in [0.15, 0.2) is 0 Å². The number of pyridine rings is 1. The summed E-state index contributed by atoms with van der Waals surface area (Å²) in [6, 6.07) is 2.82. The minimum atomic E-state index is -2.60. The standard InChI is InChI=1S/C9H9F2N3/c1-5-7(9(10)11)2-6(3-12)14-8(5)4-13/h2,9H,4,13H2,1H3. The zero-order valence-corrected chi connectivity index (χ0v) is 7.59. The number of nitriles is 1. The van der Waals surface area contributed by atoms with Gasteiger partial charge in [-0.05, 0) is 18.6 Å². The Kier molecular flexibility index (Phi) is 3.10. The van der Waals surface area contributed by atoms with Crippen LogP contribution in [0.25, 0.3) is 0 Å². The summed E-state index contributed by atoms with van der Waals surface area (Å²) in [6.45, 7) is 1.58. The van der Waals surface area contributed by atoms with Crippen LogP contribution in [0.3, 0.4) is 0 Å². The van der Waals surface area contributed by atoms with Crippen LogP contribution in [0.15, 0.2) is 6.07 Å². The Labute approximate surface area is 80.2 Å². The lowest BCUT2D eigenvalue weighted by Gasteiger charge is -2.08. The molecule has 0 saturated carbocycles. The molecule has 14 heavy (non-hydrogen) atoms. The number of halogens is 2. The first kappa shape index (κ1) is 10.5. The van der Waals surface area contributed by atoms with Crippen molar-refractivity contribution in [1.82, 2.24) is 4.98 Å². The predicted octanol–water partition coefficient (Wildman–Crippen LogP) is 1.66. The van der Waals surface area contributed by atoms with Gasteiger partial charge in [-0.15, -0.1) is 0 Å². The van der Waals surface area contributed by atoms with Crippen LogP contribution in [0.2, 0.25) is 0 Å². The van der Waals surface area contributed by atoms with Gasteiger partial charge in [-0.25, -0.2) is 13.8 Å². The first-order valence-corrected chi connectivity index (χ1v) is 3.99. The summed E-state index contributed by atoms with van der Waals surface area (Å²) in [7, 11) is 0. The van der Waals surface area contributed by atoms with E-state index in [1.165, 1.54) is 6.92 Å². The van der Waals surface area contributed by atoms with Crippen molar-refractivity contribution in [3.63, 3.8) is 0 Å². The molecule has 1 rings (SSSR count). The third-order valence-electron chi connectivity index (χ3n) is 1.96. The molecule has 0 amide bonds. The van der Waals surface area contributed by atoms with Crippen molar-refractivity contribution in [2.24, 2.45) is 5.73 Å². The quantitative estimate of drug-likeness (QED) is 0.784. The second-order valence-corrected chi connectivity index (χ2v) is 2.79. The minimum absolute atomic E-state index is 0.0219. The van der Waals surface area contributed by atoms with Gasteiger partial charge in [0.05, 0.1) is 5.69 Å². The molecule has 0 aromatic carbocycles. The average molecular weight is 197 g/mol. The second-order valence-electron chi connectivity index (χ2n) is 2.79. The lowest BCUT2D eigenvalue weighted by Crippen LogP contribution is -2.07. The number of hydrogen-bond acceptors (Lipinski definition) is 3. The molecule has 74 valence electrons. The van der Waals surface area contributed by atoms with Crippen LogP contribution in [0.4, 0.5) is 8.78 Å². The summed E-state index contributed by atoms with van der Waals surface area (Å²) in [5, 5.41) is 8.56. The molecule has 0 fully saturated rings. The molecule has 0 aliphatic heterocycles. The fraction of sp³-hybridized carbons (Fsp3) is 0.333. The largest absolute Gasteiger partial charge is 0.325 e. The number of aromatic nitrogens is 1. The summed E-state index contributed by atoms with van der Waals surface area (Å²) in [6.07, 6.45) is -2.60. The van der Waals surface area contributed by atoms with E-state index in [0.29, 0.717) is 11.3 Å². The average Bonchev–Trinajstić information content (AvgIpc) is 2.17. The van der Waals surface area contributed by atoms with E-state index >= 15 is 0 Å². The van der Waals surface area contributed by atoms with Gasteiger partial charge in [-0.3, -0.25) is 0 Å². The molecule has 0 saturated heterocycles. The number of nitrogens with two attached hydrogens (primary N) is 1. The summed E-state index contributed by atoms with van der Waals surface area (Å²) < 4.78 is 25.0. The van der Waals surface area contributed by atoms with Gasteiger partial charge >= 0.3 is 0 Å². The first-order chi connectivity index (χ1) is 6.60. The van der Waals surface area contributed by atoms with Crippen LogP contribution < -0.4 is 5.73 Å². The summed E-state index contributed by atoms with van der Waals surface area (Å²) in [5.41, 5.74) is 5.84. The van der Waals surface area contributed by atoms with Crippen molar-refractivity contribution in [3.05, 3.63) is 28.6 Å². The molecule has 0 atom stereocenters. The molecule has 3 nitrogen and oxygen atoms in total. The lowest BCUT2D eigenvalue weighted by molar-refractivity contribution is 0.150. The third-order valence-corrected chi connectivity index (χ3v) is 1.96. The van der Waals surface area contributed by atoms with Crippen LogP contribution >= 0.6 is 0 Å². The molecule has 2 N–H and O–H groups in total. The highest BCUT2D eigenvalue weighted by Crippen LogP contribution is 2.24. The Morgan fingerprint density at radius 2 is 2.29 bits per heavy atom. The van der Waals surface area contributed by atoms with Crippen molar-refractivity contribution in [3.8, 4) is 6.07 Å². The molecular formula is C9H9F2N3. The van der Waals surface area contributed by atoms with E-state index in [1.807, 2.05) is 0 Å². The van der Waals surface area contributed by atoms with Crippen LogP contribution in [-0.4, -0.2) is 4.98 Å². The zero-order chi connectivity index (χ0) is 10.7. The highest BCUT2D eigenvalue weighted by molar-refractivity contribution is 5.36. The fourth-order valence-electron chi connectivity index (χ4n) is 1.17. The van der Waals surface area contributed by atoms with E-state index in [0.717, 1.165) is 6.07 Å². The van der Waals surface area contributed by atoms with Crippen molar-refractivity contribution >= 4 is 0 Å². The maximum atomic E-state index is 12.5. The van der Waals surface area contributed by atoms with Gasteiger partial charge < -0.3 is 5.73 Å². The van der Waals surface area contributed by atoms with Crippen LogP contribution in [0, 0.1) is 18.3 Å². The molecule has 1 heterocycles. The summed E-state index contributed by atoms with van der Waals surface area (Å²) in [4.78, 5) is 3.83. The molecular weight excluding hydrogens is 188 g/mol. The van der Waals surface area contributed by atoms with E-state index in [1.54, 1.807) is 6.07 Å². The molecule has 0 bridgehead atoms. The monoisotopic (exact) mass is 197 g/mol. The summed E-state index contributed by atoms with van der Waals surface area (Å²) >= 11 is 0. The molecule has 0 aliphatic rings. The van der Waals surface area contributed by atoms with Crippen molar-refractivity contribution in [2.75, 3.05) is 0 Å². The number of hydrogen-bond donors (Lipinski definition) is 1. The number of alkyl halides is 2. The Hall–Kier alpha value is -1.54. The van der Waals surface area contributed by atoms with E-state index in [9.17, 15) is 8.78 Å². The molecule has 1 aromatic heterocycles. The third kappa shape index (κ3) is 1.86. The fourth-order valence-corrected chi connectivity index (χ4v) is 1.17. The molecule has 0 spiro atoms. The number of nitrogens with zero attached hydrogens (tertiary/aromatic N) is 2. The normalized spacial score (nSPS) is 10.3. The van der Waals surface area contributed by atoms with E-state index in [4.69, 9.17) is 11.0 Å². The van der Waals surface area contributed by atoms with Gasteiger partial charge in [0.2, 0.25) is 0 Å². The van der Waals surface area contributed by atoms with E-state index < -0.39 is 6.43 Å². The molecule has 0 unspecified atom stereocenters. The Bertz CT molecular complexity index is 382. The lowest BCUT2D eigenvalue weighted by atomic mass is 10.1. The van der Waals surface area contributed by atoms with Crippen LogP contribution in [-0.2, 0) is 6.54 Å². The summed E-state index contributed by atoms with van der Waals surface area (Å²) in [5.74, 6) is 0. The van der Waals surface area contributed by atoms with Gasteiger partial charge in [0.1, 0.15) is 11.8 Å². The first-order valence-electron chi connectivity index (χ1n) is 3.99. The van der Waals surface area contributed by atoms with Crippen molar-refractivity contribution in [1.29, 1.82) is 5.26 Å². The van der Waals surface area contributed by atoms with Crippen molar-refractivity contribution < 1.29 is 8.78 Å². The minimum Gasteiger partial charge on any atom is -0.325 e. The van der Waals surface area contributed by atoms with E-state index in [-0.39, 0.29) is 17.8 Å². The smallest absolute Gasteiger partial charge is 0.264 e. The Balaban J connectivity index is 3.36. The van der Waals surface area contributed by atoms with Gasteiger partial charge in [0.25, 0.3) is 6.43 Å². The molecule has 1 aromatic rings. The SMILES string of the molecule is Cc1c(C(F)F)cc(C#N)nc1CN. The second kappa shape index (κ2) is 4.11. The van der Waals surface area contributed by atoms with Gasteiger partial charge in [-0.2, -0.15) is 5.26 Å². The van der Waals surface area contributed by atoms with E-state index in [2.05, 4.69) is 4.98 Å². The zero-order valence-electron chi connectivity index (χ0n) is 7.59. The number of rotatable bonds is 2. The Morgan fingerprint density at radius 3 is 2.71 bits per heavy atom. The van der Waals surface area contributed by atoms with Crippen LogP contribution in [0.1, 0.15) is 28.9 Å². The Morgan fingerprint density at radius 1 is 1.64 bits per heavy atom. The highest BCUT2D eigenvalue weighted by Gasteiger charge is 2.15. The predicted molar refractivity (Wildman–Crippen MR) is 46.5 cm³/mol. The molecule has 0 aliphatic carbocycles. The van der Waals surface area contributed by atoms with Gasteiger partial charge in [-0.1, -0.05) is 0 Å². The van der Waals surface area contributed by atoms with Crippen LogP contribution in [0.5, 0.6) is 0 Å². The molecule has 0 radical (unpaired) electrons. The maximum absolute atomic E-state index is 12.5. The molecule has 5 heteroatoms. The van der Waals surface area contributed by atoms with Crippen molar-refractivity contribution in [2.45, 2.75) is 19.9 Å². The maximum Gasteiger partial charge on any atom is 0.264 e. The highest BCUT2D eigenvalue weighted by atomic mass is 19.3. The van der Waals surface area contributed by atoms with Gasteiger partial charge in [0, 0.05) is 12.1 Å².